The van der Waals surface area contributed by atoms with Gasteiger partial charge < -0.3 is 27.6 Å². The first kappa shape index (κ1) is 11.6. The minimum absolute atomic E-state index is 0.0619. The van der Waals surface area contributed by atoms with Crippen LogP contribution >= 0.6 is 0 Å². The molecular formula is C7H17N5O. The summed E-state index contributed by atoms with van der Waals surface area (Å²) in [6, 6.07) is -0.251. The number of aliphatic hydroxyl groups excluding tert-OH is 1. The molecule has 6 heteroatoms. The largest absolute Gasteiger partial charge is 0.399 e. The Labute approximate surface area is 77.5 Å². The van der Waals surface area contributed by atoms with Gasteiger partial charge in [-0.05, 0) is 13.8 Å². The molecule has 0 aromatic rings. The molecule has 8 N–H and O–H groups in total. The number of rotatable bonds is 3. The van der Waals surface area contributed by atoms with Crippen LogP contribution in [0.4, 0.5) is 0 Å². The van der Waals surface area contributed by atoms with Crippen LogP contribution in [0.1, 0.15) is 13.8 Å². The number of aliphatic imine (C=N–C) groups is 1. The maximum Gasteiger partial charge on any atom is 0.194 e. The van der Waals surface area contributed by atoms with Crippen molar-refractivity contribution < 1.29 is 5.11 Å². The lowest BCUT2D eigenvalue weighted by Gasteiger charge is -2.08. The lowest BCUT2D eigenvalue weighted by Crippen LogP contribution is -2.37. The molecule has 0 radical (unpaired) electrons. The summed E-state index contributed by atoms with van der Waals surface area (Å²) in [6.07, 6.45) is 0. The lowest BCUT2D eigenvalue weighted by atomic mass is 10.4. The normalized spacial score (nSPS) is 16.4. The number of guanidine groups is 1. The number of nitrogens with two attached hydrogens (primary N) is 3. The summed E-state index contributed by atoms with van der Waals surface area (Å²) in [6.45, 7) is 3.31. The molecule has 0 saturated carbocycles. The topological polar surface area (TPSA) is 123 Å². The van der Waals surface area contributed by atoms with Crippen molar-refractivity contribution in [3.05, 3.63) is 11.5 Å². The van der Waals surface area contributed by atoms with E-state index < -0.39 is 0 Å². The zero-order chi connectivity index (χ0) is 10.4. The van der Waals surface area contributed by atoms with E-state index in [1.54, 1.807) is 13.8 Å². The van der Waals surface area contributed by atoms with Gasteiger partial charge in [0.2, 0.25) is 0 Å². The summed E-state index contributed by atoms with van der Waals surface area (Å²) in [5.41, 5.74) is 16.7. The Morgan fingerprint density at radius 1 is 1.46 bits per heavy atom. The fraction of sp³-hybridized carbons (Fsp3) is 0.571. The maximum absolute atomic E-state index is 8.67. The molecule has 76 valence electrons. The molecule has 1 unspecified atom stereocenters. The maximum atomic E-state index is 8.67. The average molecular weight is 187 g/mol. The fourth-order valence-corrected chi connectivity index (χ4v) is 0.547. The third kappa shape index (κ3) is 4.91. The van der Waals surface area contributed by atoms with Crippen LogP contribution in [0.3, 0.4) is 0 Å². The van der Waals surface area contributed by atoms with Crippen molar-refractivity contribution in [3.8, 4) is 0 Å². The van der Waals surface area contributed by atoms with Gasteiger partial charge in [0.05, 0.1) is 12.6 Å². The second-order valence-corrected chi connectivity index (χ2v) is 2.77. The number of hydrogen-bond donors (Lipinski definition) is 5. The summed E-state index contributed by atoms with van der Waals surface area (Å²) in [5, 5.41) is 11.3. The number of aliphatic hydroxyl groups is 1. The predicted octanol–water partition coefficient (Wildman–Crippen LogP) is -1.62. The first-order valence-corrected chi connectivity index (χ1v) is 3.90. The molecule has 0 aliphatic heterocycles. The predicted molar refractivity (Wildman–Crippen MR) is 52.4 cm³/mol. The molecule has 6 nitrogen and oxygen atoms in total. The summed E-state index contributed by atoms with van der Waals surface area (Å²) >= 11 is 0. The zero-order valence-electron chi connectivity index (χ0n) is 7.91. The van der Waals surface area contributed by atoms with Gasteiger partial charge >= 0.3 is 0 Å². The van der Waals surface area contributed by atoms with E-state index in [4.69, 9.17) is 22.3 Å². The fourth-order valence-electron chi connectivity index (χ4n) is 0.547. The van der Waals surface area contributed by atoms with Crippen LogP contribution in [0.25, 0.3) is 0 Å². The van der Waals surface area contributed by atoms with Crippen molar-refractivity contribution in [2.45, 2.75) is 19.9 Å². The first-order valence-electron chi connectivity index (χ1n) is 3.90. The second-order valence-electron chi connectivity index (χ2n) is 2.77. The van der Waals surface area contributed by atoms with Crippen LogP contribution in [0.2, 0.25) is 0 Å². The van der Waals surface area contributed by atoms with Crippen LogP contribution in [-0.4, -0.2) is 23.7 Å². The summed E-state index contributed by atoms with van der Waals surface area (Å²) in [4.78, 5) is 3.88. The van der Waals surface area contributed by atoms with Crippen LogP contribution in [0, 0.1) is 0 Å². The van der Waals surface area contributed by atoms with Gasteiger partial charge in [-0.3, -0.25) is 0 Å². The molecule has 0 aromatic heterocycles. The van der Waals surface area contributed by atoms with Gasteiger partial charge in [-0.25, -0.2) is 4.99 Å². The summed E-state index contributed by atoms with van der Waals surface area (Å²) in [7, 11) is 0. The van der Waals surface area contributed by atoms with Crippen LogP contribution in [-0.2, 0) is 0 Å². The van der Waals surface area contributed by atoms with Crippen molar-refractivity contribution in [2.24, 2.45) is 22.2 Å². The zero-order valence-corrected chi connectivity index (χ0v) is 7.91. The summed E-state index contributed by atoms with van der Waals surface area (Å²) in [5.74, 6) is 0.412. The minimum Gasteiger partial charge on any atom is -0.399 e. The Morgan fingerprint density at radius 3 is 2.38 bits per heavy atom. The standard InChI is InChI=1S/C7H17N5O/c1-4(3-13)11-7(10)12-6(9)5(2)8/h4,13H,3,8-9H2,1-2H3,(H3,10,11,12)/b6-5-. The van der Waals surface area contributed by atoms with Gasteiger partial charge in [-0.1, -0.05) is 0 Å². The number of hydrogen-bond acceptors (Lipinski definition) is 4. The molecule has 0 amide bonds. The molecule has 0 spiro atoms. The highest BCUT2D eigenvalue weighted by atomic mass is 16.3. The van der Waals surface area contributed by atoms with Gasteiger partial charge in [-0.2, -0.15) is 0 Å². The molecule has 1 atom stereocenters. The molecule has 0 aliphatic carbocycles. The van der Waals surface area contributed by atoms with Crippen molar-refractivity contribution in [2.75, 3.05) is 6.61 Å². The SMILES string of the molecule is C/C(N)=C(\N)NC(N)=NC(C)CO. The van der Waals surface area contributed by atoms with E-state index in [0.717, 1.165) is 0 Å². The monoisotopic (exact) mass is 187 g/mol. The third-order valence-corrected chi connectivity index (χ3v) is 1.31. The van der Waals surface area contributed by atoms with Crippen molar-refractivity contribution in [3.63, 3.8) is 0 Å². The molecule has 0 heterocycles. The van der Waals surface area contributed by atoms with Gasteiger partial charge in [0.25, 0.3) is 0 Å². The highest BCUT2D eigenvalue weighted by Gasteiger charge is 1.99. The van der Waals surface area contributed by atoms with E-state index in [-0.39, 0.29) is 24.4 Å². The van der Waals surface area contributed by atoms with Crippen LogP contribution in [0.5, 0.6) is 0 Å². The van der Waals surface area contributed by atoms with Gasteiger partial charge in [0.1, 0.15) is 5.82 Å². The number of nitrogens with one attached hydrogen (secondary N) is 1. The highest BCUT2D eigenvalue weighted by molar-refractivity contribution is 5.79. The average Bonchev–Trinajstić information content (AvgIpc) is 2.03. The van der Waals surface area contributed by atoms with Crippen molar-refractivity contribution >= 4 is 5.96 Å². The molecule has 0 fully saturated rings. The molecule has 0 aromatic carbocycles. The van der Waals surface area contributed by atoms with E-state index in [2.05, 4.69) is 10.3 Å². The number of nitrogens with zero attached hydrogens (tertiary/aromatic N) is 1. The van der Waals surface area contributed by atoms with Gasteiger partial charge in [0.15, 0.2) is 5.96 Å². The Balaban J connectivity index is 4.23. The number of allylic oxidation sites excluding steroid dienone is 1. The second kappa shape index (κ2) is 5.26. The summed E-state index contributed by atoms with van der Waals surface area (Å²) < 4.78 is 0. The molecule has 0 bridgehead atoms. The highest BCUT2D eigenvalue weighted by Crippen LogP contribution is 1.87. The third-order valence-electron chi connectivity index (χ3n) is 1.31. The Bertz CT molecular complexity index is 219. The molecule has 0 rings (SSSR count). The lowest BCUT2D eigenvalue weighted by molar-refractivity contribution is 0.274. The van der Waals surface area contributed by atoms with E-state index >= 15 is 0 Å². The van der Waals surface area contributed by atoms with Gasteiger partial charge in [0, 0.05) is 5.70 Å². The van der Waals surface area contributed by atoms with Gasteiger partial charge in [-0.15, -0.1) is 0 Å². The molecular weight excluding hydrogens is 170 g/mol. The first-order chi connectivity index (χ1) is 5.97. The smallest absolute Gasteiger partial charge is 0.194 e. The minimum atomic E-state index is -0.251. The Hall–Kier alpha value is -1.43. The molecule has 0 saturated heterocycles. The van der Waals surface area contributed by atoms with E-state index in [1.807, 2.05) is 0 Å². The van der Waals surface area contributed by atoms with E-state index in [0.29, 0.717) is 5.70 Å². The Kier molecular flexibility index (Phi) is 4.68. The molecule has 13 heavy (non-hydrogen) atoms. The van der Waals surface area contributed by atoms with Crippen molar-refractivity contribution in [1.82, 2.24) is 5.32 Å². The van der Waals surface area contributed by atoms with E-state index in [1.165, 1.54) is 0 Å². The van der Waals surface area contributed by atoms with E-state index in [9.17, 15) is 0 Å². The van der Waals surface area contributed by atoms with Crippen molar-refractivity contribution in [1.29, 1.82) is 0 Å². The Morgan fingerprint density at radius 2 is 2.00 bits per heavy atom. The van der Waals surface area contributed by atoms with Crippen LogP contribution in [0.15, 0.2) is 16.5 Å². The molecule has 0 aliphatic rings. The quantitative estimate of drug-likeness (QED) is 0.268. The van der Waals surface area contributed by atoms with Crippen LogP contribution < -0.4 is 22.5 Å².